The van der Waals surface area contributed by atoms with Gasteiger partial charge in [-0.05, 0) is 62.1 Å². The van der Waals surface area contributed by atoms with Crippen LogP contribution < -0.4 is 11.1 Å². The van der Waals surface area contributed by atoms with Crippen molar-refractivity contribution in [3.05, 3.63) is 88.7 Å². The molecule has 0 bridgehead atoms. The number of nitrogens with one attached hydrogen (secondary N) is 1. The SMILES string of the molecule is Cn1cc(-c2cnc3ccc(Cl)nc3c2)cn1.Cn1cc(-c2cnc3ccc(Nc4nnc(C5CCC5)s4)nc3c2)cn1.Nc1nnc(C2CCC2)s1. The van der Waals surface area contributed by atoms with E-state index in [-0.39, 0.29) is 0 Å². The summed E-state index contributed by atoms with van der Waals surface area (Å²) in [5.41, 5.74) is 12.8. The van der Waals surface area contributed by atoms with Gasteiger partial charge in [-0.2, -0.15) is 10.2 Å². The van der Waals surface area contributed by atoms with Crippen LogP contribution in [0.5, 0.6) is 0 Å². The van der Waals surface area contributed by atoms with Gasteiger partial charge in [-0.1, -0.05) is 47.1 Å². The molecule has 268 valence electrons. The molecule has 8 aromatic rings. The number of anilines is 3. The van der Waals surface area contributed by atoms with Crippen LogP contribution in [0.1, 0.15) is 60.4 Å². The number of hydrogen-bond acceptors (Lipinski definition) is 14. The molecular formula is C36H35ClN14S2. The van der Waals surface area contributed by atoms with E-state index in [9.17, 15) is 0 Å². The minimum atomic E-state index is 0.475. The van der Waals surface area contributed by atoms with Crippen LogP contribution >= 0.6 is 34.3 Å². The number of fused-ring (bicyclic) bond motifs is 2. The summed E-state index contributed by atoms with van der Waals surface area (Å²) in [6.45, 7) is 0. The van der Waals surface area contributed by atoms with Crippen LogP contribution in [-0.4, -0.2) is 59.9 Å². The highest BCUT2D eigenvalue weighted by Gasteiger charge is 2.24. The lowest BCUT2D eigenvalue weighted by Gasteiger charge is -2.21. The van der Waals surface area contributed by atoms with Gasteiger partial charge in [0, 0.05) is 73.0 Å². The van der Waals surface area contributed by atoms with E-state index in [1.807, 2.05) is 75.4 Å². The molecule has 2 saturated carbocycles. The lowest BCUT2D eigenvalue weighted by molar-refractivity contribution is 0.416. The predicted molar refractivity (Wildman–Crippen MR) is 209 cm³/mol. The average Bonchev–Trinajstić information content (AvgIpc) is 3.93. The van der Waals surface area contributed by atoms with Crippen molar-refractivity contribution in [2.45, 2.75) is 50.4 Å². The van der Waals surface area contributed by atoms with Crippen LogP contribution in [0, 0.1) is 0 Å². The van der Waals surface area contributed by atoms with Crippen LogP contribution in [0.25, 0.3) is 44.3 Å². The predicted octanol–water partition coefficient (Wildman–Crippen LogP) is 7.96. The fourth-order valence-electron chi connectivity index (χ4n) is 5.80. The molecule has 0 spiro atoms. The molecule has 0 unspecified atom stereocenters. The Morgan fingerprint density at radius 1 is 0.660 bits per heavy atom. The molecule has 53 heavy (non-hydrogen) atoms. The standard InChI is InChI=1S/C18H17N7S.C12H9ClN4.C6H9N3S/c1-25-10-13(9-20-25)12-7-15-14(19-8-12)5-6-16(21-15)22-18-24-23-17(26-18)11-3-2-4-11;1-17-7-9(6-15-17)8-4-11-10(14-5-8)2-3-12(13)16-11;7-6-9-8-5(10-6)4-2-1-3-4/h5-11H,2-4H2,1H3,(H,21,22,24);2-7H,1H3;4H,1-3H2,(H2,7,9). The number of nitrogens with zero attached hydrogens (tertiary/aromatic N) is 12. The van der Waals surface area contributed by atoms with Gasteiger partial charge in [0.05, 0.1) is 34.5 Å². The minimum Gasteiger partial charge on any atom is -0.374 e. The molecule has 14 nitrogen and oxygen atoms in total. The molecule has 0 aromatic carbocycles. The summed E-state index contributed by atoms with van der Waals surface area (Å²) in [4.78, 5) is 17.8. The van der Waals surface area contributed by atoms with E-state index >= 15 is 0 Å². The summed E-state index contributed by atoms with van der Waals surface area (Å²) in [5, 5.41) is 32.0. The van der Waals surface area contributed by atoms with E-state index in [4.69, 9.17) is 17.3 Å². The fraction of sp³-hybridized carbons (Fsp3) is 0.278. The summed E-state index contributed by atoms with van der Waals surface area (Å²) in [7, 11) is 3.78. The van der Waals surface area contributed by atoms with Crippen molar-refractivity contribution < 1.29 is 0 Å². The number of aryl methyl sites for hydroxylation is 2. The van der Waals surface area contributed by atoms with E-state index in [0.717, 1.165) is 65.3 Å². The summed E-state index contributed by atoms with van der Waals surface area (Å²) >= 11 is 9.01. The Labute approximate surface area is 317 Å². The Morgan fingerprint density at radius 2 is 1.23 bits per heavy atom. The smallest absolute Gasteiger partial charge is 0.211 e. The fourth-order valence-corrected chi connectivity index (χ4v) is 7.65. The van der Waals surface area contributed by atoms with Crippen LogP contribution in [-0.2, 0) is 14.1 Å². The largest absolute Gasteiger partial charge is 0.374 e. The van der Waals surface area contributed by atoms with Gasteiger partial charge in [0.25, 0.3) is 0 Å². The maximum atomic E-state index is 5.87. The first-order valence-corrected chi connectivity index (χ1v) is 19.2. The molecule has 3 N–H and O–H groups in total. The molecule has 0 atom stereocenters. The number of nitrogen functional groups attached to an aromatic ring is 1. The topological polar surface area (TPSA) is 177 Å². The molecule has 0 aliphatic heterocycles. The Bertz CT molecular complexity index is 2500. The second kappa shape index (κ2) is 15.3. The number of aromatic nitrogens is 12. The minimum absolute atomic E-state index is 0.475. The quantitative estimate of drug-likeness (QED) is 0.157. The van der Waals surface area contributed by atoms with Crippen molar-refractivity contribution in [2.24, 2.45) is 14.1 Å². The second-order valence-corrected chi connectivity index (χ2v) is 15.4. The Balaban J connectivity index is 0.000000126. The number of hydrogen-bond donors (Lipinski definition) is 2. The first-order valence-electron chi connectivity index (χ1n) is 17.2. The molecular weight excluding hydrogens is 728 g/mol. The van der Waals surface area contributed by atoms with Gasteiger partial charge < -0.3 is 11.1 Å². The van der Waals surface area contributed by atoms with Crippen molar-refractivity contribution in [1.29, 1.82) is 0 Å². The molecule has 10 rings (SSSR count). The normalized spacial score (nSPS) is 14.2. The van der Waals surface area contributed by atoms with Gasteiger partial charge in [-0.3, -0.25) is 19.3 Å². The molecule has 2 aliphatic rings. The number of rotatable bonds is 6. The molecule has 0 saturated heterocycles. The molecule has 2 fully saturated rings. The third-order valence-corrected chi connectivity index (χ3v) is 11.3. The van der Waals surface area contributed by atoms with E-state index in [1.54, 1.807) is 33.0 Å². The zero-order valence-electron chi connectivity index (χ0n) is 29.0. The highest BCUT2D eigenvalue weighted by molar-refractivity contribution is 7.15. The molecule has 0 radical (unpaired) electrons. The first kappa shape index (κ1) is 34.6. The summed E-state index contributed by atoms with van der Waals surface area (Å²) < 4.78 is 3.53. The number of halogens is 1. The van der Waals surface area contributed by atoms with Gasteiger partial charge in [0.2, 0.25) is 10.3 Å². The molecule has 17 heteroatoms. The Kier molecular flexibility index (Phi) is 9.97. The lowest BCUT2D eigenvalue weighted by atomic mass is 9.86. The summed E-state index contributed by atoms with van der Waals surface area (Å²) in [6, 6.07) is 11.5. The van der Waals surface area contributed by atoms with Crippen molar-refractivity contribution in [3.8, 4) is 22.3 Å². The third-order valence-electron chi connectivity index (χ3n) is 9.16. The van der Waals surface area contributed by atoms with Gasteiger partial charge in [-0.25, -0.2) is 9.97 Å². The maximum absolute atomic E-state index is 5.87. The zero-order valence-corrected chi connectivity index (χ0v) is 31.4. The van der Waals surface area contributed by atoms with E-state index in [2.05, 4.69) is 55.8 Å². The van der Waals surface area contributed by atoms with Crippen molar-refractivity contribution >= 4 is 72.4 Å². The van der Waals surface area contributed by atoms with Crippen LogP contribution in [0.3, 0.4) is 0 Å². The molecule has 8 aromatic heterocycles. The highest BCUT2D eigenvalue weighted by atomic mass is 35.5. The average molecular weight is 763 g/mol. The monoisotopic (exact) mass is 762 g/mol. The number of pyridine rings is 4. The van der Waals surface area contributed by atoms with Crippen LogP contribution in [0.15, 0.2) is 73.6 Å². The van der Waals surface area contributed by atoms with E-state index in [0.29, 0.717) is 22.1 Å². The third kappa shape index (κ3) is 8.14. The van der Waals surface area contributed by atoms with Crippen LogP contribution in [0.4, 0.5) is 16.1 Å². The van der Waals surface area contributed by atoms with Crippen molar-refractivity contribution in [1.82, 2.24) is 59.9 Å². The molecule has 8 heterocycles. The molecule has 2 aliphatic carbocycles. The van der Waals surface area contributed by atoms with Crippen molar-refractivity contribution in [3.63, 3.8) is 0 Å². The summed E-state index contributed by atoms with van der Waals surface area (Å²) in [5.74, 6) is 2.02. The summed E-state index contributed by atoms with van der Waals surface area (Å²) in [6.07, 6.45) is 18.8. The Hall–Kier alpha value is -5.45. The Morgan fingerprint density at radius 3 is 1.75 bits per heavy atom. The highest BCUT2D eigenvalue weighted by Crippen LogP contribution is 2.39. The van der Waals surface area contributed by atoms with Gasteiger partial charge in [-0.15, -0.1) is 20.4 Å². The lowest BCUT2D eigenvalue weighted by Crippen LogP contribution is -2.07. The van der Waals surface area contributed by atoms with E-state index in [1.165, 1.54) is 49.9 Å². The zero-order chi connectivity index (χ0) is 36.3. The molecule has 0 amide bonds. The van der Waals surface area contributed by atoms with Crippen molar-refractivity contribution in [2.75, 3.05) is 11.1 Å². The first-order chi connectivity index (χ1) is 25.8. The van der Waals surface area contributed by atoms with E-state index < -0.39 is 0 Å². The van der Waals surface area contributed by atoms with Gasteiger partial charge in [0.1, 0.15) is 21.0 Å². The number of nitrogens with two attached hydrogens (primary N) is 1. The van der Waals surface area contributed by atoms with Gasteiger partial charge >= 0.3 is 0 Å². The van der Waals surface area contributed by atoms with Crippen LogP contribution in [0.2, 0.25) is 5.15 Å². The van der Waals surface area contributed by atoms with Gasteiger partial charge in [0.15, 0.2) is 0 Å². The maximum Gasteiger partial charge on any atom is 0.211 e. The second-order valence-electron chi connectivity index (χ2n) is 13.0.